The molecule has 0 atom stereocenters. The van der Waals surface area contributed by atoms with E-state index in [-0.39, 0.29) is 18.1 Å². The van der Waals surface area contributed by atoms with Crippen molar-refractivity contribution in [1.29, 1.82) is 0 Å². The van der Waals surface area contributed by atoms with E-state index in [1.54, 1.807) is 4.90 Å². The Labute approximate surface area is 106 Å². The lowest BCUT2D eigenvalue weighted by Gasteiger charge is -2.31. The fourth-order valence-electron chi connectivity index (χ4n) is 2.18. The van der Waals surface area contributed by atoms with Gasteiger partial charge in [-0.1, -0.05) is 6.07 Å². The highest BCUT2D eigenvalue weighted by molar-refractivity contribution is 5.98. The molecule has 0 bridgehead atoms. The first-order valence-electron chi connectivity index (χ1n) is 6.16. The van der Waals surface area contributed by atoms with Crippen LogP contribution in [0.25, 0.3) is 0 Å². The highest BCUT2D eigenvalue weighted by Gasteiger charge is 2.42. The van der Waals surface area contributed by atoms with Crippen LogP contribution in [0.2, 0.25) is 0 Å². The van der Waals surface area contributed by atoms with Gasteiger partial charge in [0.2, 0.25) is 0 Å². The van der Waals surface area contributed by atoms with Gasteiger partial charge in [-0.3, -0.25) is 4.79 Å². The van der Waals surface area contributed by atoms with Crippen LogP contribution in [0.5, 0.6) is 5.75 Å². The average molecular weight is 247 g/mol. The molecule has 4 N–H and O–H groups in total. The average Bonchev–Trinajstić information content (AvgIpc) is 3.10. The van der Waals surface area contributed by atoms with Crippen LogP contribution in [-0.2, 0) is 11.3 Å². The molecule has 0 unspecified atom stereocenters. The maximum Gasteiger partial charge on any atom is 0.265 e. The molecule has 1 heterocycles. The highest BCUT2D eigenvalue weighted by atomic mass is 16.5. The summed E-state index contributed by atoms with van der Waals surface area (Å²) in [5, 5.41) is 0. The van der Waals surface area contributed by atoms with Gasteiger partial charge in [0.1, 0.15) is 5.75 Å². The fourth-order valence-corrected chi connectivity index (χ4v) is 2.18. The lowest BCUT2D eigenvalue weighted by atomic mass is 10.1. The number of carbonyl (C=O) groups excluding carboxylic acids is 1. The number of nitrogens with two attached hydrogens (primary N) is 2. The maximum absolute atomic E-state index is 12.0. The van der Waals surface area contributed by atoms with E-state index in [1.165, 1.54) is 0 Å². The number of hydrogen-bond acceptors (Lipinski definition) is 4. The monoisotopic (exact) mass is 247 g/mol. The molecule has 1 fully saturated rings. The molecule has 5 heteroatoms. The molecule has 3 rings (SSSR count). The number of benzene rings is 1. The Morgan fingerprint density at radius 2 is 2.17 bits per heavy atom. The van der Waals surface area contributed by atoms with Gasteiger partial charge in [0.15, 0.2) is 6.61 Å². The molecule has 0 radical (unpaired) electrons. The molecular weight excluding hydrogens is 230 g/mol. The summed E-state index contributed by atoms with van der Waals surface area (Å²) >= 11 is 0. The van der Waals surface area contributed by atoms with Gasteiger partial charge >= 0.3 is 0 Å². The van der Waals surface area contributed by atoms with E-state index in [9.17, 15) is 4.79 Å². The molecule has 2 aliphatic rings. The van der Waals surface area contributed by atoms with E-state index in [4.69, 9.17) is 16.2 Å². The molecule has 0 aromatic heterocycles. The van der Waals surface area contributed by atoms with Gasteiger partial charge in [-0.2, -0.15) is 0 Å². The van der Waals surface area contributed by atoms with Crippen molar-refractivity contribution in [3.63, 3.8) is 0 Å². The smallest absolute Gasteiger partial charge is 0.265 e. The van der Waals surface area contributed by atoms with Gasteiger partial charge in [-0.25, -0.2) is 0 Å². The summed E-state index contributed by atoms with van der Waals surface area (Å²) in [4.78, 5) is 13.7. The van der Waals surface area contributed by atoms with Crippen LogP contribution in [0.15, 0.2) is 18.2 Å². The Kier molecular flexibility index (Phi) is 2.53. The largest absolute Gasteiger partial charge is 0.482 e. The Bertz CT molecular complexity index is 497. The van der Waals surface area contributed by atoms with Crippen molar-refractivity contribution < 1.29 is 9.53 Å². The van der Waals surface area contributed by atoms with E-state index in [2.05, 4.69) is 0 Å². The predicted octanol–water partition coefficient (Wildman–Crippen LogP) is 0.362. The predicted molar refractivity (Wildman–Crippen MR) is 68.3 cm³/mol. The third kappa shape index (κ3) is 1.95. The van der Waals surface area contributed by atoms with Gasteiger partial charge < -0.3 is 21.1 Å². The van der Waals surface area contributed by atoms with Crippen LogP contribution in [0, 0.1) is 0 Å². The van der Waals surface area contributed by atoms with E-state index in [1.807, 2.05) is 18.2 Å². The summed E-state index contributed by atoms with van der Waals surface area (Å²) in [7, 11) is 0. The van der Waals surface area contributed by atoms with Crippen molar-refractivity contribution in [2.24, 2.45) is 11.5 Å². The number of carbonyl (C=O) groups is 1. The minimum absolute atomic E-state index is 0.0339. The van der Waals surface area contributed by atoms with E-state index >= 15 is 0 Å². The third-order valence-electron chi connectivity index (χ3n) is 3.57. The fraction of sp³-hybridized carbons (Fsp3) is 0.462. The second-order valence-electron chi connectivity index (χ2n) is 5.14. The summed E-state index contributed by atoms with van der Waals surface area (Å²) < 4.78 is 5.43. The number of hydrogen-bond donors (Lipinski definition) is 2. The number of rotatable bonds is 3. The summed E-state index contributed by atoms with van der Waals surface area (Å²) in [6, 6.07) is 5.70. The first-order valence-corrected chi connectivity index (χ1v) is 6.16. The first kappa shape index (κ1) is 11.5. The Morgan fingerprint density at radius 3 is 2.83 bits per heavy atom. The van der Waals surface area contributed by atoms with Crippen molar-refractivity contribution in [2.45, 2.75) is 24.9 Å². The van der Waals surface area contributed by atoms with E-state index in [0.29, 0.717) is 13.1 Å². The topological polar surface area (TPSA) is 81.6 Å². The van der Waals surface area contributed by atoms with Gasteiger partial charge in [-0.15, -0.1) is 0 Å². The normalized spacial score (nSPS) is 20.3. The van der Waals surface area contributed by atoms with Gasteiger partial charge in [0.05, 0.1) is 5.69 Å². The van der Waals surface area contributed by atoms with Crippen LogP contribution in [0.4, 0.5) is 5.69 Å². The second kappa shape index (κ2) is 3.96. The quantitative estimate of drug-likeness (QED) is 0.808. The van der Waals surface area contributed by atoms with Crippen LogP contribution in [0.3, 0.4) is 0 Å². The lowest BCUT2D eigenvalue weighted by Crippen LogP contribution is -2.46. The van der Waals surface area contributed by atoms with Crippen molar-refractivity contribution >= 4 is 11.6 Å². The molecule has 96 valence electrons. The van der Waals surface area contributed by atoms with Crippen molar-refractivity contribution in [2.75, 3.05) is 18.1 Å². The second-order valence-corrected chi connectivity index (χ2v) is 5.14. The van der Waals surface area contributed by atoms with E-state index < -0.39 is 0 Å². The van der Waals surface area contributed by atoms with E-state index in [0.717, 1.165) is 29.8 Å². The minimum atomic E-state index is -0.205. The summed E-state index contributed by atoms with van der Waals surface area (Å²) in [6.45, 7) is 1.10. The standard InChI is InChI=1S/C13H17N3O2/c14-6-9-1-2-11-10(5-9)16(12(17)7-18-11)8-13(15)3-4-13/h1-2,5H,3-4,6-8,14-15H2. The molecule has 1 aromatic rings. The van der Waals surface area contributed by atoms with Crippen molar-refractivity contribution in [1.82, 2.24) is 0 Å². The van der Waals surface area contributed by atoms with Crippen LogP contribution in [0.1, 0.15) is 18.4 Å². The molecule has 1 aliphatic heterocycles. The zero-order valence-electron chi connectivity index (χ0n) is 10.2. The maximum atomic E-state index is 12.0. The number of ether oxygens (including phenoxy) is 1. The Morgan fingerprint density at radius 1 is 1.39 bits per heavy atom. The molecule has 18 heavy (non-hydrogen) atoms. The van der Waals surface area contributed by atoms with Gasteiger partial charge in [0.25, 0.3) is 5.91 Å². The van der Waals surface area contributed by atoms with Crippen LogP contribution >= 0.6 is 0 Å². The summed E-state index contributed by atoms with van der Waals surface area (Å²) in [5.41, 5.74) is 13.3. The molecule has 1 saturated carbocycles. The molecular formula is C13H17N3O2. The zero-order valence-corrected chi connectivity index (χ0v) is 10.2. The van der Waals surface area contributed by atoms with Gasteiger partial charge in [0, 0.05) is 18.6 Å². The lowest BCUT2D eigenvalue weighted by molar-refractivity contribution is -0.121. The van der Waals surface area contributed by atoms with Crippen LogP contribution in [-0.4, -0.2) is 24.6 Å². The third-order valence-corrected chi connectivity index (χ3v) is 3.57. The van der Waals surface area contributed by atoms with Crippen LogP contribution < -0.4 is 21.1 Å². The molecule has 5 nitrogen and oxygen atoms in total. The van der Waals surface area contributed by atoms with Gasteiger partial charge in [-0.05, 0) is 30.5 Å². The number of fused-ring (bicyclic) bond motifs is 1. The number of nitrogens with zero attached hydrogens (tertiary/aromatic N) is 1. The number of anilines is 1. The van der Waals surface area contributed by atoms with Crippen molar-refractivity contribution in [3.8, 4) is 5.75 Å². The van der Waals surface area contributed by atoms with Crippen molar-refractivity contribution in [3.05, 3.63) is 23.8 Å². The first-order chi connectivity index (χ1) is 8.61. The molecule has 0 saturated heterocycles. The molecule has 1 aromatic carbocycles. The Hall–Kier alpha value is -1.59. The summed E-state index contributed by atoms with van der Waals surface area (Å²) in [6.07, 6.45) is 1.95. The molecule has 0 spiro atoms. The zero-order chi connectivity index (χ0) is 12.8. The minimum Gasteiger partial charge on any atom is -0.482 e. The molecule has 1 amide bonds. The highest BCUT2D eigenvalue weighted by Crippen LogP contribution is 2.38. The number of amides is 1. The SMILES string of the molecule is NCc1ccc2c(c1)N(CC1(N)CC1)C(=O)CO2. The molecule has 1 aliphatic carbocycles. The Balaban J connectivity index is 1.96. The summed E-state index contributed by atoms with van der Waals surface area (Å²) in [5.74, 6) is 0.699.